The number of imidazole rings is 1. The molecule has 0 aliphatic rings. The molecule has 0 saturated carbocycles. The van der Waals surface area contributed by atoms with Crippen LogP contribution in [0.4, 0.5) is 0 Å². The third-order valence-corrected chi connectivity index (χ3v) is 3.75. The largest absolute Gasteiger partial charge is 0.390 e. The lowest BCUT2D eigenvalue weighted by Crippen LogP contribution is -1.92. The molecule has 0 atom stereocenters. The average molecular weight is 433 g/mol. The van der Waals surface area contributed by atoms with Crippen molar-refractivity contribution in [2.45, 2.75) is 6.61 Å². The SMILES string of the molecule is OCc1nc2c(Br)nc(Br)cn2c1I. The summed E-state index contributed by atoms with van der Waals surface area (Å²) in [6, 6.07) is 0. The highest BCUT2D eigenvalue weighted by molar-refractivity contribution is 14.1. The number of fused-ring (bicyclic) bond motifs is 1. The minimum atomic E-state index is -0.0655. The molecule has 2 heterocycles. The lowest BCUT2D eigenvalue weighted by molar-refractivity contribution is 0.276. The maximum absolute atomic E-state index is 9.05. The Hall–Kier alpha value is 0.270. The molecule has 2 aromatic heterocycles. The molecule has 2 aromatic rings. The highest BCUT2D eigenvalue weighted by Gasteiger charge is 2.12. The van der Waals surface area contributed by atoms with Crippen molar-refractivity contribution in [1.82, 2.24) is 14.4 Å². The molecule has 0 fully saturated rings. The van der Waals surface area contributed by atoms with Gasteiger partial charge >= 0.3 is 0 Å². The van der Waals surface area contributed by atoms with Gasteiger partial charge in [-0.15, -0.1) is 0 Å². The molecule has 0 saturated heterocycles. The minimum Gasteiger partial charge on any atom is -0.390 e. The van der Waals surface area contributed by atoms with E-state index in [0.29, 0.717) is 15.9 Å². The maximum Gasteiger partial charge on any atom is 0.171 e. The van der Waals surface area contributed by atoms with E-state index in [1.165, 1.54) is 0 Å². The van der Waals surface area contributed by atoms with Crippen LogP contribution in [0.2, 0.25) is 0 Å². The third-order valence-electron chi connectivity index (χ3n) is 1.69. The number of aliphatic hydroxyl groups is 1. The molecular weight excluding hydrogens is 429 g/mol. The molecule has 4 nitrogen and oxygen atoms in total. The van der Waals surface area contributed by atoms with E-state index in [9.17, 15) is 0 Å². The molecule has 7 heteroatoms. The fourth-order valence-corrected chi connectivity index (χ4v) is 2.85. The van der Waals surface area contributed by atoms with Gasteiger partial charge in [-0.25, -0.2) is 9.97 Å². The topological polar surface area (TPSA) is 50.4 Å². The summed E-state index contributed by atoms with van der Waals surface area (Å²) in [7, 11) is 0. The van der Waals surface area contributed by atoms with Gasteiger partial charge in [0, 0.05) is 6.20 Å². The molecule has 0 aliphatic heterocycles. The summed E-state index contributed by atoms with van der Waals surface area (Å²) in [4.78, 5) is 8.40. The fraction of sp³-hybridized carbons (Fsp3) is 0.143. The van der Waals surface area contributed by atoms with Crippen molar-refractivity contribution >= 4 is 60.1 Å². The molecule has 74 valence electrons. The van der Waals surface area contributed by atoms with E-state index >= 15 is 0 Å². The van der Waals surface area contributed by atoms with Gasteiger partial charge in [-0.1, -0.05) is 0 Å². The Balaban J connectivity index is 2.85. The normalized spacial score (nSPS) is 11.1. The van der Waals surface area contributed by atoms with Crippen LogP contribution in [0.3, 0.4) is 0 Å². The van der Waals surface area contributed by atoms with Gasteiger partial charge in [-0.2, -0.15) is 0 Å². The summed E-state index contributed by atoms with van der Waals surface area (Å²) in [6.45, 7) is -0.0655. The van der Waals surface area contributed by atoms with Crippen LogP contribution in [0.25, 0.3) is 5.65 Å². The van der Waals surface area contributed by atoms with E-state index in [4.69, 9.17) is 5.11 Å². The van der Waals surface area contributed by atoms with Crippen LogP contribution in [0.5, 0.6) is 0 Å². The van der Waals surface area contributed by atoms with E-state index < -0.39 is 0 Å². The summed E-state index contributed by atoms with van der Waals surface area (Å²) in [5.74, 6) is 0. The number of nitrogens with zero attached hydrogens (tertiary/aromatic N) is 3. The first-order valence-corrected chi connectivity index (χ1v) is 6.29. The van der Waals surface area contributed by atoms with Crippen molar-refractivity contribution in [2.75, 3.05) is 0 Å². The number of halogens is 3. The standard InChI is InChI=1S/C7H4Br2IN3O/c8-4-1-13-6(10)3(2-14)11-7(13)5(9)12-4/h1,14H,2H2. The van der Waals surface area contributed by atoms with Crippen molar-refractivity contribution in [1.29, 1.82) is 0 Å². The number of hydrogen-bond donors (Lipinski definition) is 1. The van der Waals surface area contributed by atoms with Crippen molar-refractivity contribution in [2.24, 2.45) is 0 Å². The number of aliphatic hydroxyl groups excluding tert-OH is 1. The quantitative estimate of drug-likeness (QED) is 0.704. The first-order chi connectivity index (χ1) is 6.63. The lowest BCUT2D eigenvalue weighted by Gasteiger charge is -1.97. The molecule has 0 unspecified atom stereocenters. The molecule has 0 amide bonds. The van der Waals surface area contributed by atoms with Crippen molar-refractivity contribution in [3.63, 3.8) is 0 Å². The second-order valence-electron chi connectivity index (χ2n) is 2.56. The second-order valence-corrected chi connectivity index (χ2v) is 5.14. The van der Waals surface area contributed by atoms with Crippen LogP contribution in [-0.2, 0) is 6.61 Å². The van der Waals surface area contributed by atoms with E-state index in [1.807, 2.05) is 10.6 Å². The summed E-state index contributed by atoms with van der Waals surface area (Å²) >= 11 is 8.75. The van der Waals surface area contributed by atoms with Crippen molar-refractivity contribution in [3.8, 4) is 0 Å². The van der Waals surface area contributed by atoms with Gasteiger partial charge in [0.25, 0.3) is 0 Å². The monoisotopic (exact) mass is 431 g/mol. The Bertz CT molecular complexity index is 499. The Morgan fingerprint density at radius 2 is 2.14 bits per heavy atom. The highest BCUT2D eigenvalue weighted by atomic mass is 127. The predicted octanol–water partition coefficient (Wildman–Crippen LogP) is 2.35. The van der Waals surface area contributed by atoms with Crippen LogP contribution in [0.1, 0.15) is 5.69 Å². The van der Waals surface area contributed by atoms with Crippen LogP contribution in [0, 0.1) is 3.70 Å². The second kappa shape index (κ2) is 4.03. The number of hydrogen-bond acceptors (Lipinski definition) is 3. The predicted molar refractivity (Wildman–Crippen MR) is 67.0 cm³/mol. The summed E-state index contributed by atoms with van der Waals surface area (Å²) < 4.78 is 4.14. The Kier molecular flexibility index (Phi) is 3.10. The lowest BCUT2D eigenvalue weighted by atomic mass is 10.5. The molecule has 1 N–H and O–H groups in total. The van der Waals surface area contributed by atoms with E-state index in [2.05, 4.69) is 64.4 Å². The van der Waals surface area contributed by atoms with Crippen LogP contribution in [0.15, 0.2) is 15.4 Å². The van der Waals surface area contributed by atoms with Gasteiger partial charge in [-0.3, -0.25) is 4.40 Å². The zero-order valence-electron chi connectivity index (χ0n) is 6.71. The summed E-state index contributed by atoms with van der Waals surface area (Å²) in [5, 5.41) is 9.05. The Morgan fingerprint density at radius 1 is 1.43 bits per heavy atom. The van der Waals surface area contributed by atoms with Crippen molar-refractivity contribution in [3.05, 3.63) is 24.8 Å². The van der Waals surface area contributed by atoms with Gasteiger partial charge in [0.15, 0.2) is 10.3 Å². The van der Waals surface area contributed by atoms with Gasteiger partial charge < -0.3 is 5.11 Å². The zero-order chi connectivity index (χ0) is 10.3. The van der Waals surface area contributed by atoms with Gasteiger partial charge in [0.2, 0.25) is 0 Å². The molecule has 0 radical (unpaired) electrons. The van der Waals surface area contributed by atoms with Gasteiger partial charge in [-0.05, 0) is 54.5 Å². The zero-order valence-corrected chi connectivity index (χ0v) is 12.0. The van der Waals surface area contributed by atoms with Crippen LogP contribution in [-0.4, -0.2) is 19.5 Å². The summed E-state index contributed by atoms with van der Waals surface area (Å²) in [5.41, 5.74) is 1.37. The molecular formula is C7H4Br2IN3O. The average Bonchev–Trinajstić information content (AvgIpc) is 2.44. The van der Waals surface area contributed by atoms with E-state index in [-0.39, 0.29) is 6.61 Å². The molecule has 2 rings (SSSR count). The van der Waals surface area contributed by atoms with Crippen LogP contribution >= 0.6 is 54.5 Å². The Morgan fingerprint density at radius 3 is 2.79 bits per heavy atom. The first-order valence-electron chi connectivity index (χ1n) is 3.63. The summed E-state index contributed by atoms with van der Waals surface area (Å²) in [6.07, 6.45) is 1.81. The fourth-order valence-electron chi connectivity index (χ4n) is 1.10. The van der Waals surface area contributed by atoms with Crippen molar-refractivity contribution < 1.29 is 5.11 Å². The maximum atomic E-state index is 9.05. The molecule has 0 aliphatic carbocycles. The van der Waals surface area contributed by atoms with E-state index in [0.717, 1.165) is 8.30 Å². The molecule has 0 spiro atoms. The number of rotatable bonds is 1. The third kappa shape index (κ3) is 1.70. The van der Waals surface area contributed by atoms with Crippen LogP contribution < -0.4 is 0 Å². The molecule has 0 bridgehead atoms. The van der Waals surface area contributed by atoms with Gasteiger partial charge in [0.1, 0.15) is 8.30 Å². The number of aromatic nitrogens is 3. The van der Waals surface area contributed by atoms with E-state index in [1.54, 1.807) is 0 Å². The highest BCUT2D eigenvalue weighted by Crippen LogP contribution is 2.22. The molecule has 0 aromatic carbocycles. The minimum absolute atomic E-state index is 0.0655. The Labute approximate surface area is 110 Å². The smallest absolute Gasteiger partial charge is 0.171 e. The first kappa shape index (κ1) is 10.8. The molecule has 14 heavy (non-hydrogen) atoms. The van der Waals surface area contributed by atoms with Gasteiger partial charge in [0.05, 0.1) is 12.3 Å².